The van der Waals surface area contributed by atoms with E-state index in [9.17, 15) is 4.79 Å². The Hall–Kier alpha value is -1.39. The van der Waals surface area contributed by atoms with Gasteiger partial charge in [0.25, 0.3) is 5.91 Å². The third kappa shape index (κ3) is 4.47. The molecular formula is C14H22N2O2. The van der Waals surface area contributed by atoms with Crippen LogP contribution in [-0.2, 0) is 9.53 Å². The molecule has 0 saturated carbocycles. The van der Waals surface area contributed by atoms with Crippen LogP contribution in [0.1, 0.15) is 31.4 Å². The standard InChI is InChI=1S/C14H22N2O2/c1-3-12(15)9-10-16-14(17)13(18-2)11-7-5-4-6-8-11/h4-8,12-13H,3,9-10,15H2,1-2H3,(H,16,17). The van der Waals surface area contributed by atoms with Gasteiger partial charge in [0.2, 0.25) is 0 Å². The Morgan fingerprint density at radius 3 is 2.61 bits per heavy atom. The van der Waals surface area contributed by atoms with E-state index in [1.165, 1.54) is 7.11 Å². The SMILES string of the molecule is CCC(N)CCNC(=O)C(OC)c1ccccc1. The molecule has 0 aromatic heterocycles. The van der Waals surface area contributed by atoms with Gasteiger partial charge in [0.15, 0.2) is 6.10 Å². The van der Waals surface area contributed by atoms with Crippen molar-refractivity contribution in [3.63, 3.8) is 0 Å². The number of hydrogen-bond acceptors (Lipinski definition) is 3. The van der Waals surface area contributed by atoms with Crippen LogP contribution in [0.3, 0.4) is 0 Å². The minimum absolute atomic E-state index is 0.119. The van der Waals surface area contributed by atoms with Crippen LogP contribution >= 0.6 is 0 Å². The van der Waals surface area contributed by atoms with Gasteiger partial charge in [-0.15, -0.1) is 0 Å². The first-order chi connectivity index (χ1) is 8.69. The number of ether oxygens (including phenoxy) is 1. The second kappa shape index (κ2) is 7.84. The van der Waals surface area contributed by atoms with E-state index in [0.29, 0.717) is 6.54 Å². The molecule has 0 fully saturated rings. The molecule has 2 atom stereocenters. The lowest BCUT2D eigenvalue weighted by atomic mass is 10.1. The molecule has 1 aromatic carbocycles. The molecule has 0 radical (unpaired) electrons. The number of carbonyl (C=O) groups is 1. The number of rotatable bonds is 7. The van der Waals surface area contributed by atoms with Gasteiger partial charge in [0, 0.05) is 19.7 Å². The van der Waals surface area contributed by atoms with Crippen LogP contribution in [0.4, 0.5) is 0 Å². The predicted molar refractivity (Wildman–Crippen MR) is 72.1 cm³/mol. The van der Waals surface area contributed by atoms with E-state index in [1.807, 2.05) is 37.3 Å². The van der Waals surface area contributed by atoms with Crippen molar-refractivity contribution in [2.45, 2.75) is 31.9 Å². The Morgan fingerprint density at radius 1 is 1.39 bits per heavy atom. The molecule has 0 bridgehead atoms. The third-order valence-electron chi connectivity index (χ3n) is 2.91. The maximum atomic E-state index is 12.0. The van der Waals surface area contributed by atoms with Crippen LogP contribution in [-0.4, -0.2) is 25.6 Å². The van der Waals surface area contributed by atoms with Crippen molar-refractivity contribution in [3.8, 4) is 0 Å². The first kappa shape index (κ1) is 14.7. The summed E-state index contributed by atoms with van der Waals surface area (Å²) in [6, 6.07) is 9.59. The molecule has 0 heterocycles. The maximum Gasteiger partial charge on any atom is 0.253 e. The Morgan fingerprint density at radius 2 is 2.06 bits per heavy atom. The summed E-state index contributed by atoms with van der Waals surface area (Å²) in [6.07, 6.45) is 1.15. The van der Waals surface area contributed by atoms with Crippen molar-refractivity contribution in [2.24, 2.45) is 5.73 Å². The molecule has 0 aliphatic rings. The molecule has 2 unspecified atom stereocenters. The molecule has 4 heteroatoms. The summed E-state index contributed by atoms with van der Waals surface area (Å²) < 4.78 is 5.24. The number of methoxy groups -OCH3 is 1. The third-order valence-corrected chi connectivity index (χ3v) is 2.91. The first-order valence-electron chi connectivity index (χ1n) is 6.30. The zero-order valence-corrected chi connectivity index (χ0v) is 11.1. The van der Waals surface area contributed by atoms with Crippen LogP contribution in [0, 0.1) is 0 Å². The van der Waals surface area contributed by atoms with Crippen LogP contribution in [0.25, 0.3) is 0 Å². The summed E-state index contributed by atoms with van der Waals surface area (Å²) in [5.41, 5.74) is 6.65. The smallest absolute Gasteiger partial charge is 0.253 e. The molecule has 18 heavy (non-hydrogen) atoms. The zero-order chi connectivity index (χ0) is 13.4. The molecule has 1 amide bonds. The van der Waals surface area contributed by atoms with E-state index in [0.717, 1.165) is 18.4 Å². The van der Waals surface area contributed by atoms with Crippen molar-refractivity contribution in [3.05, 3.63) is 35.9 Å². The maximum absolute atomic E-state index is 12.0. The predicted octanol–water partition coefficient (Wildman–Crippen LogP) is 1.62. The summed E-state index contributed by atoms with van der Waals surface area (Å²) >= 11 is 0. The number of amides is 1. The summed E-state index contributed by atoms with van der Waals surface area (Å²) in [5.74, 6) is -0.119. The van der Waals surface area contributed by atoms with E-state index in [1.54, 1.807) is 0 Å². The lowest BCUT2D eigenvalue weighted by molar-refractivity contribution is -0.131. The number of nitrogens with one attached hydrogen (secondary N) is 1. The number of nitrogens with two attached hydrogens (primary N) is 1. The second-order valence-corrected chi connectivity index (χ2v) is 4.27. The van der Waals surface area contributed by atoms with Crippen LogP contribution in [0.2, 0.25) is 0 Å². The highest BCUT2D eigenvalue weighted by atomic mass is 16.5. The molecule has 0 aliphatic carbocycles. The van der Waals surface area contributed by atoms with Crippen molar-refractivity contribution in [1.29, 1.82) is 0 Å². The molecule has 0 saturated heterocycles. The summed E-state index contributed by atoms with van der Waals surface area (Å²) in [7, 11) is 1.54. The van der Waals surface area contributed by atoms with Gasteiger partial charge in [-0.25, -0.2) is 0 Å². The molecule has 0 spiro atoms. The van der Waals surface area contributed by atoms with Crippen LogP contribution in [0.5, 0.6) is 0 Å². The van der Waals surface area contributed by atoms with E-state index < -0.39 is 6.10 Å². The van der Waals surface area contributed by atoms with Gasteiger partial charge < -0.3 is 15.8 Å². The highest BCUT2D eigenvalue weighted by Crippen LogP contribution is 2.15. The van der Waals surface area contributed by atoms with Gasteiger partial charge in [-0.3, -0.25) is 4.79 Å². The Kier molecular flexibility index (Phi) is 6.39. The Balaban J connectivity index is 2.48. The number of benzene rings is 1. The van der Waals surface area contributed by atoms with Crippen molar-refractivity contribution >= 4 is 5.91 Å². The minimum atomic E-state index is -0.552. The fourth-order valence-corrected chi connectivity index (χ4v) is 1.70. The van der Waals surface area contributed by atoms with Crippen molar-refractivity contribution < 1.29 is 9.53 Å². The summed E-state index contributed by atoms with van der Waals surface area (Å²) in [6.45, 7) is 2.62. The summed E-state index contributed by atoms with van der Waals surface area (Å²) in [4.78, 5) is 12.0. The van der Waals surface area contributed by atoms with Crippen molar-refractivity contribution in [2.75, 3.05) is 13.7 Å². The van der Waals surface area contributed by atoms with Crippen LogP contribution < -0.4 is 11.1 Å². The monoisotopic (exact) mass is 250 g/mol. The minimum Gasteiger partial charge on any atom is -0.367 e. The first-order valence-corrected chi connectivity index (χ1v) is 6.30. The van der Waals surface area contributed by atoms with E-state index in [2.05, 4.69) is 5.32 Å². The molecule has 0 aliphatic heterocycles. The normalized spacial score (nSPS) is 13.9. The molecular weight excluding hydrogens is 228 g/mol. The van der Waals surface area contributed by atoms with Gasteiger partial charge >= 0.3 is 0 Å². The van der Waals surface area contributed by atoms with Crippen LogP contribution in [0.15, 0.2) is 30.3 Å². The number of carbonyl (C=O) groups excluding carboxylic acids is 1. The second-order valence-electron chi connectivity index (χ2n) is 4.27. The van der Waals surface area contributed by atoms with Gasteiger partial charge in [-0.2, -0.15) is 0 Å². The topological polar surface area (TPSA) is 64.3 Å². The quantitative estimate of drug-likeness (QED) is 0.773. The lowest BCUT2D eigenvalue weighted by Crippen LogP contribution is -2.34. The van der Waals surface area contributed by atoms with E-state index in [-0.39, 0.29) is 11.9 Å². The summed E-state index contributed by atoms with van der Waals surface area (Å²) in [5, 5.41) is 2.85. The Bertz CT molecular complexity index is 354. The largest absolute Gasteiger partial charge is 0.367 e. The fourth-order valence-electron chi connectivity index (χ4n) is 1.70. The Labute approximate surface area is 109 Å². The van der Waals surface area contributed by atoms with Gasteiger partial charge in [0.1, 0.15) is 0 Å². The number of hydrogen-bond donors (Lipinski definition) is 2. The van der Waals surface area contributed by atoms with Gasteiger partial charge in [-0.1, -0.05) is 37.3 Å². The molecule has 3 N–H and O–H groups in total. The van der Waals surface area contributed by atoms with Gasteiger partial charge in [0.05, 0.1) is 0 Å². The average molecular weight is 250 g/mol. The highest BCUT2D eigenvalue weighted by molar-refractivity contribution is 5.82. The van der Waals surface area contributed by atoms with E-state index in [4.69, 9.17) is 10.5 Å². The average Bonchev–Trinajstić information content (AvgIpc) is 2.40. The fraction of sp³-hybridized carbons (Fsp3) is 0.500. The van der Waals surface area contributed by atoms with E-state index >= 15 is 0 Å². The lowest BCUT2D eigenvalue weighted by Gasteiger charge is -2.16. The molecule has 1 rings (SSSR count). The van der Waals surface area contributed by atoms with Gasteiger partial charge in [-0.05, 0) is 18.4 Å². The molecule has 100 valence electrons. The van der Waals surface area contributed by atoms with Crippen molar-refractivity contribution in [1.82, 2.24) is 5.32 Å². The molecule has 4 nitrogen and oxygen atoms in total. The zero-order valence-electron chi connectivity index (χ0n) is 11.1. The highest BCUT2D eigenvalue weighted by Gasteiger charge is 2.19. The molecule has 1 aromatic rings.